The average molecular weight is 261 g/mol. The number of carbonyl (C=O) groups is 1. The number of anilines is 1. The largest absolute Gasteiger partial charge is 0.330 e. The molecule has 0 aliphatic carbocycles. The van der Waals surface area contributed by atoms with E-state index in [1.54, 1.807) is 18.2 Å². The van der Waals surface area contributed by atoms with Gasteiger partial charge in [-0.1, -0.05) is 23.2 Å². The van der Waals surface area contributed by atoms with Gasteiger partial charge in [-0.25, -0.2) is 0 Å². The van der Waals surface area contributed by atoms with E-state index in [1.165, 1.54) is 0 Å². The van der Waals surface area contributed by atoms with Gasteiger partial charge in [0, 0.05) is 22.2 Å². The van der Waals surface area contributed by atoms with Crippen molar-refractivity contribution < 1.29 is 4.79 Å². The van der Waals surface area contributed by atoms with Gasteiger partial charge in [0.2, 0.25) is 5.91 Å². The summed E-state index contributed by atoms with van der Waals surface area (Å²) in [6, 6.07) is 4.94. The molecule has 0 bridgehead atoms. The van der Waals surface area contributed by atoms with Gasteiger partial charge in [-0.2, -0.15) is 0 Å². The van der Waals surface area contributed by atoms with Crippen LogP contribution in [0.4, 0.5) is 5.69 Å². The molecule has 0 saturated carbocycles. The molecule has 1 aromatic carbocycles. The first-order valence-corrected chi connectivity index (χ1v) is 5.83. The molecular formula is C11H14Cl2N2O. The summed E-state index contributed by atoms with van der Waals surface area (Å²) < 4.78 is 0. The summed E-state index contributed by atoms with van der Waals surface area (Å²) in [5.41, 5.74) is 5.96. The zero-order chi connectivity index (χ0) is 12.0. The summed E-state index contributed by atoms with van der Waals surface area (Å²) in [5.74, 6) is -0.0493. The Bertz CT molecular complexity index is 349. The van der Waals surface area contributed by atoms with Crippen LogP contribution >= 0.6 is 23.2 Å². The Labute approximate surface area is 105 Å². The number of halogens is 2. The van der Waals surface area contributed by atoms with E-state index >= 15 is 0 Å². The molecule has 3 nitrogen and oxygen atoms in total. The van der Waals surface area contributed by atoms with E-state index in [0.717, 1.165) is 12.8 Å². The highest BCUT2D eigenvalue weighted by atomic mass is 35.5. The van der Waals surface area contributed by atoms with E-state index in [1.807, 2.05) is 0 Å². The molecule has 0 aliphatic heterocycles. The third-order valence-electron chi connectivity index (χ3n) is 2.00. The molecule has 88 valence electrons. The lowest BCUT2D eigenvalue weighted by molar-refractivity contribution is -0.116. The minimum atomic E-state index is -0.0493. The zero-order valence-electron chi connectivity index (χ0n) is 8.80. The SMILES string of the molecule is NCCCCC(=O)Nc1cc(Cl)cc(Cl)c1. The normalized spacial score (nSPS) is 10.2. The molecule has 0 aromatic heterocycles. The minimum absolute atomic E-state index is 0.0493. The number of hydrogen-bond donors (Lipinski definition) is 2. The van der Waals surface area contributed by atoms with Crippen molar-refractivity contribution in [1.29, 1.82) is 0 Å². The highest BCUT2D eigenvalue weighted by Crippen LogP contribution is 2.22. The zero-order valence-corrected chi connectivity index (χ0v) is 10.3. The van der Waals surface area contributed by atoms with E-state index in [4.69, 9.17) is 28.9 Å². The fourth-order valence-electron chi connectivity index (χ4n) is 1.28. The van der Waals surface area contributed by atoms with Crippen molar-refractivity contribution in [2.75, 3.05) is 11.9 Å². The van der Waals surface area contributed by atoms with Gasteiger partial charge < -0.3 is 11.1 Å². The molecule has 0 atom stereocenters. The van der Waals surface area contributed by atoms with Crippen LogP contribution in [0.3, 0.4) is 0 Å². The fourth-order valence-corrected chi connectivity index (χ4v) is 1.81. The molecule has 5 heteroatoms. The topological polar surface area (TPSA) is 55.1 Å². The predicted molar refractivity (Wildman–Crippen MR) is 68.0 cm³/mol. The van der Waals surface area contributed by atoms with E-state index in [0.29, 0.717) is 28.7 Å². The fraction of sp³-hybridized carbons (Fsp3) is 0.364. The smallest absolute Gasteiger partial charge is 0.224 e. The second-order valence-corrected chi connectivity index (χ2v) is 4.32. The molecule has 1 aromatic rings. The first-order chi connectivity index (χ1) is 7.61. The maximum Gasteiger partial charge on any atom is 0.224 e. The summed E-state index contributed by atoms with van der Waals surface area (Å²) in [6.45, 7) is 0.607. The van der Waals surface area contributed by atoms with Crippen LogP contribution in [0.15, 0.2) is 18.2 Å². The van der Waals surface area contributed by atoms with Crippen molar-refractivity contribution in [3.8, 4) is 0 Å². The molecule has 16 heavy (non-hydrogen) atoms. The molecule has 0 heterocycles. The van der Waals surface area contributed by atoms with E-state index in [9.17, 15) is 4.79 Å². The second-order valence-electron chi connectivity index (χ2n) is 3.45. The van der Waals surface area contributed by atoms with Crippen LogP contribution in [-0.4, -0.2) is 12.5 Å². The van der Waals surface area contributed by atoms with Gasteiger partial charge in [0.25, 0.3) is 0 Å². The number of rotatable bonds is 5. The van der Waals surface area contributed by atoms with Crippen LogP contribution in [0.2, 0.25) is 10.0 Å². The van der Waals surface area contributed by atoms with Crippen molar-refractivity contribution in [1.82, 2.24) is 0 Å². The summed E-state index contributed by atoms with van der Waals surface area (Å²) in [6.07, 6.45) is 2.10. The third-order valence-corrected chi connectivity index (χ3v) is 2.44. The third kappa shape index (κ3) is 4.84. The molecule has 1 amide bonds. The summed E-state index contributed by atoms with van der Waals surface area (Å²) in [7, 11) is 0. The first kappa shape index (κ1) is 13.3. The van der Waals surface area contributed by atoms with E-state index < -0.39 is 0 Å². The van der Waals surface area contributed by atoms with Gasteiger partial charge in [0.15, 0.2) is 0 Å². The number of nitrogens with two attached hydrogens (primary N) is 1. The Morgan fingerprint density at radius 1 is 1.19 bits per heavy atom. The van der Waals surface area contributed by atoms with Crippen molar-refractivity contribution in [2.45, 2.75) is 19.3 Å². The quantitative estimate of drug-likeness (QED) is 0.800. The highest BCUT2D eigenvalue weighted by Gasteiger charge is 2.03. The van der Waals surface area contributed by atoms with Crippen LogP contribution in [-0.2, 0) is 4.79 Å². The lowest BCUT2D eigenvalue weighted by Crippen LogP contribution is -2.11. The van der Waals surface area contributed by atoms with Crippen LogP contribution in [0.25, 0.3) is 0 Å². The number of hydrogen-bond acceptors (Lipinski definition) is 2. The summed E-state index contributed by atoms with van der Waals surface area (Å²) in [4.78, 5) is 11.5. The lowest BCUT2D eigenvalue weighted by Gasteiger charge is -2.05. The molecule has 1 rings (SSSR count). The molecule has 0 spiro atoms. The number of carbonyl (C=O) groups excluding carboxylic acids is 1. The van der Waals surface area contributed by atoms with Crippen molar-refractivity contribution >= 4 is 34.8 Å². The van der Waals surface area contributed by atoms with Crippen LogP contribution < -0.4 is 11.1 Å². The van der Waals surface area contributed by atoms with Gasteiger partial charge >= 0.3 is 0 Å². The lowest BCUT2D eigenvalue weighted by atomic mass is 10.2. The number of unbranched alkanes of at least 4 members (excludes halogenated alkanes) is 1. The molecule has 3 N–H and O–H groups in total. The van der Waals surface area contributed by atoms with Gasteiger partial charge in [-0.15, -0.1) is 0 Å². The number of nitrogens with one attached hydrogen (secondary N) is 1. The number of benzene rings is 1. The standard InChI is InChI=1S/C11H14Cl2N2O/c12-8-5-9(13)7-10(6-8)15-11(16)3-1-2-4-14/h5-7H,1-4,14H2,(H,15,16). The van der Waals surface area contributed by atoms with E-state index in [2.05, 4.69) is 5.32 Å². The van der Waals surface area contributed by atoms with Crippen molar-refractivity contribution in [2.24, 2.45) is 5.73 Å². The summed E-state index contributed by atoms with van der Waals surface area (Å²) in [5, 5.41) is 3.74. The molecular weight excluding hydrogens is 247 g/mol. The maximum absolute atomic E-state index is 11.5. The Morgan fingerprint density at radius 2 is 1.81 bits per heavy atom. The summed E-state index contributed by atoms with van der Waals surface area (Å²) >= 11 is 11.6. The van der Waals surface area contributed by atoms with Gasteiger partial charge in [0.05, 0.1) is 0 Å². The Balaban J connectivity index is 2.49. The van der Waals surface area contributed by atoms with Gasteiger partial charge in [-0.3, -0.25) is 4.79 Å². The van der Waals surface area contributed by atoms with Crippen LogP contribution in [0.5, 0.6) is 0 Å². The van der Waals surface area contributed by atoms with E-state index in [-0.39, 0.29) is 5.91 Å². The average Bonchev–Trinajstić information content (AvgIpc) is 2.16. The second kappa shape index (κ2) is 6.74. The minimum Gasteiger partial charge on any atom is -0.330 e. The van der Waals surface area contributed by atoms with Crippen LogP contribution in [0, 0.1) is 0 Å². The van der Waals surface area contributed by atoms with Gasteiger partial charge in [0.1, 0.15) is 0 Å². The monoisotopic (exact) mass is 260 g/mol. The maximum atomic E-state index is 11.5. The molecule has 0 aliphatic rings. The van der Waals surface area contributed by atoms with Crippen molar-refractivity contribution in [3.05, 3.63) is 28.2 Å². The molecule has 0 saturated heterocycles. The Hall–Kier alpha value is -0.770. The molecule has 0 fully saturated rings. The predicted octanol–water partition coefficient (Wildman–Crippen LogP) is 3.06. The molecule has 0 radical (unpaired) electrons. The highest BCUT2D eigenvalue weighted by molar-refractivity contribution is 6.35. The van der Waals surface area contributed by atoms with Crippen molar-refractivity contribution in [3.63, 3.8) is 0 Å². The first-order valence-electron chi connectivity index (χ1n) is 5.08. The Morgan fingerprint density at radius 3 is 2.38 bits per heavy atom. The molecule has 0 unspecified atom stereocenters. The van der Waals surface area contributed by atoms with Crippen LogP contribution in [0.1, 0.15) is 19.3 Å². The van der Waals surface area contributed by atoms with Gasteiger partial charge in [-0.05, 0) is 37.6 Å². The number of amides is 1. The Kier molecular flexibility index (Phi) is 5.60.